The van der Waals surface area contributed by atoms with Crippen LogP contribution in [0.1, 0.15) is 34.6 Å². The summed E-state index contributed by atoms with van der Waals surface area (Å²) in [5, 5.41) is 16.5. The number of benzene rings is 4. The normalized spacial score (nSPS) is 17.6. The SMILES string of the molecule is OCC1CC1c1c(Cl)cc2nn(C(c3ccccc3)(c3ccccc3)c3ccccc3)cc2c1Br. The molecule has 1 N–H and O–H groups in total. The van der Waals surface area contributed by atoms with E-state index in [-0.39, 0.29) is 18.4 Å². The molecule has 5 heteroatoms. The summed E-state index contributed by atoms with van der Waals surface area (Å²) >= 11 is 10.6. The molecule has 0 spiro atoms. The zero-order valence-corrected chi connectivity index (χ0v) is 21.3. The lowest BCUT2D eigenvalue weighted by atomic mass is 9.77. The van der Waals surface area contributed by atoms with Crippen molar-refractivity contribution < 1.29 is 5.11 Å². The van der Waals surface area contributed by atoms with E-state index in [0.717, 1.165) is 44.1 Å². The van der Waals surface area contributed by atoms with Crippen molar-refractivity contribution in [2.75, 3.05) is 6.61 Å². The summed E-state index contributed by atoms with van der Waals surface area (Å²) in [7, 11) is 0. The maximum absolute atomic E-state index is 9.65. The molecule has 1 aromatic heterocycles. The molecule has 174 valence electrons. The molecule has 1 aliphatic rings. The van der Waals surface area contributed by atoms with Crippen LogP contribution >= 0.6 is 27.5 Å². The largest absolute Gasteiger partial charge is 0.396 e. The van der Waals surface area contributed by atoms with E-state index in [4.69, 9.17) is 16.7 Å². The van der Waals surface area contributed by atoms with Crippen molar-refractivity contribution in [1.29, 1.82) is 0 Å². The van der Waals surface area contributed by atoms with E-state index in [1.165, 1.54) is 0 Å². The summed E-state index contributed by atoms with van der Waals surface area (Å²) in [5.74, 6) is 0.546. The number of nitrogens with zero attached hydrogens (tertiary/aromatic N) is 2. The molecule has 0 aliphatic heterocycles. The van der Waals surface area contributed by atoms with Gasteiger partial charge in [-0.1, -0.05) is 103 Å². The Labute approximate surface area is 218 Å². The molecule has 35 heavy (non-hydrogen) atoms. The maximum Gasteiger partial charge on any atom is 0.138 e. The minimum Gasteiger partial charge on any atom is -0.396 e. The first-order valence-electron chi connectivity index (χ1n) is 11.8. The van der Waals surface area contributed by atoms with Crippen LogP contribution in [-0.4, -0.2) is 21.5 Å². The molecule has 1 fully saturated rings. The average molecular weight is 544 g/mol. The van der Waals surface area contributed by atoms with Crippen molar-refractivity contribution in [3.63, 3.8) is 0 Å². The number of aliphatic hydroxyl groups excluding tert-OH is 1. The van der Waals surface area contributed by atoms with Crippen molar-refractivity contribution in [2.45, 2.75) is 17.9 Å². The van der Waals surface area contributed by atoms with Crippen LogP contribution in [-0.2, 0) is 5.54 Å². The fraction of sp³-hybridized carbons (Fsp3) is 0.167. The van der Waals surface area contributed by atoms with Crippen LogP contribution in [0.25, 0.3) is 10.9 Å². The summed E-state index contributed by atoms with van der Waals surface area (Å²) < 4.78 is 3.05. The zero-order chi connectivity index (χ0) is 24.0. The lowest BCUT2D eigenvalue weighted by Crippen LogP contribution is -2.38. The van der Waals surface area contributed by atoms with E-state index in [9.17, 15) is 5.11 Å². The summed E-state index contributed by atoms with van der Waals surface area (Å²) in [6.07, 6.45) is 3.08. The standard InChI is InChI=1S/C30H24BrClN2O/c31-29-25-18-34(33-27(25)17-26(32)28(29)24-16-20(24)19-35)30(21-10-4-1-5-11-21,22-12-6-2-7-13-22)23-14-8-3-9-15-23/h1-15,17-18,20,24,35H,16,19H2. The second-order valence-electron chi connectivity index (χ2n) is 9.19. The molecule has 2 atom stereocenters. The molecule has 0 radical (unpaired) electrons. The van der Waals surface area contributed by atoms with Crippen LogP contribution in [0.5, 0.6) is 0 Å². The predicted molar refractivity (Wildman–Crippen MR) is 145 cm³/mol. The summed E-state index contributed by atoms with van der Waals surface area (Å²) in [6.45, 7) is 0.184. The summed E-state index contributed by atoms with van der Waals surface area (Å²) in [5.41, 5.74) is 4.59. The van der Waals surface area contributed by atoms with E-state index in [1.807, 2.05) is 24.3 Å². The van der Waals surface area contributed by atoms with Crippen molar-refractivity contribution in [3.8, 4) is 0 Å². The Morgan fingerprint density at radius 1 is 0.886 bits per heavy atom. The van der Waals surface area contributed by atoms with Gasteiger partial charge in [-0.25, -0.2) is 0 Å². The van der Waals surface area contributed by atoms with Gasteiger partial charge in [0.1, 0.15) is 5.54 Å². The van der Waals surface area contributed by atoms with Gasteiger partial charge in [-0.05, 0) is 62.5 Å². The Morgan fingerprint density at radius 2 is 1.40 bits per heavy atom. The zero-order valence-electron chi connectivity index (χ0n) is 19.0. The lowest BCUT2D eigenvalue weighted by Gasteiger charge is -2.36. The van der Waals surface area contributed by atoms with Crippen LogP contribution in [0.15, 0.2) is 108 Å². The van der Waals surface area contributed by atoms with Gasteiger partial charge in [0.05, 0.1) is 5.52 Å². The van der Waals surface area contributed by atoms with Crippen molar-refractivity contribution in [3.05, 3.63) is 135 Å². The van der Waals surface area contributed by atoms with Crippen molar-refractivity contribution in [1.82, 2.24) is 9.78 Å². The highest BCUT2D eigenvalue weighted by atomic mass is 79.9. The van der Waals surface area contributed by atoms with Gasteiger partial charge in [0.15, 0.2) is 0 Å². The third-order valence-corrected chi connectivity index (χ3v) is 8.35. The van der Waals surface area contributed by atoms with E-state index in [2.05, 4.69) is 99.6 Å². The molecular formula is C30H24BrClN2O. The molecular weight excluding hydrogens is 520 g/mol. The maximum atomic E-state index is 9.65. The van der Waals surface area contributed by atoms with Gasteiger partial charge >= 0.3 is 0 Å². The third-order valence-electron chi connectivity index (χ3n) is 7.18. The first kappa shape index (κ1) is 22.5. The minimum absolute atomic E-state index is 0.184. The molecule has 2 unspecified atom stereocenters. The molecule has 0 bridgehead atoms. The number of aromatic nitrogens is 2. The molecule has 1 heterocycles. The van der Waals surface area contributed by atoms with Gasteiger partial charge in [-0.3, -0.25) is 4.68 Å². The molecule has 5 aromatic rings. The number of hydrogen-bond acceptors (Lipinski definition) is 2. The summed E-state index contributed by atoms with van der Waals surface area (Å²) in [6, 6.07) is 33.5. The Morgan fingerprint density at radius 3 is 1.86 bits per heavy atom. The van der Waals surface area contributed by atoms with Crippen LogP contribution in [0, 0.1) is 5.92 Å². The Bertz CT molecular complexity index is 1390. The monoisotopic (exact) mass is 542 g/mol. The Hall–Kier alpha value is -2.92. The lowest BCUT2D eigenvalue weighted by molar-refractivity contribution is 0.274. The van der Waals surface area contributed by atoms with E-state index in [0.29, 0.717) is 5.02 Å². The number of aliphatic hydroxyl groups is 1. The Kier molecular flexibility index (Phi) is 5.76. The quantitative estimate of drug-likeness (QED) is 0.227. The van der Waals surface area contributed by atoms with E-state index < -0.39 is 5.54 Å². The van der Waals surface area contributed by atoms with Gasteiger partial charge in [-0.15, -0.1) is 0 Å². The molecule has 0 amide bonds. The van der Waals surface area contributed by atoms with Gasteiger partial charge in [-0.2, -0.15) is 5.10 Å². The Balaban J connectivity index is 1.67. The fourth-order valence-corrected chi connectivity index (χ4v) is 6.63. The van der Waals surface area contributed by atoms with Crippen LogP contribution in [0.3, 0.4) is 0 Å². The number of rotatable bonds is 6. The van der Waals surface area contributed by atoms with Crippen LogP contribution < -0.4 is 0 Å². The van der Waals surface area contributed by atoms with Crippen molar-refractivity contribution >= 4 is 38.4 Å². The second kappa shape index (κ2) is 8.94. The van der Waals surface area contributed by atoms with Crippen LogP contribution in [0.2, 0.25) is 5.02 Å². The highest BCUT2D eigenvalue weighted by Crippen LogP contribution is 2.53. The third kappa shape index (κ3) is 3.63. The van der Waals surface area contributed by atoms with Gasteiger partial charge < -0.3 is 5.11 Å². The first-order chi connectivity index (χ1) is 17.1. The van der Waals surface area contributed by atoms with Gasteiger partial charge in [0.25, 0.3) is 0 Å². The van der Waals surface area contributed by atoms with Crippen LogP contribution in [0.4, 0.5) is 0 Å². The van der Waals surface area contributed by atoms with Gasteiger partial charge in [0.2, 0.25) is 0 Å². The highest BCUT2D eigenvalue weighted by molar-refractivity contribution is 9.10. The fourth-order valence-electron chi connectivity index (χ4n) is 5.36. The predicted octanol–water partition coefficient (Wildman–Crippen LogP) is 7.39. The summed E-state index contributed by atoms with van der Waals surface area (Å²) in [4.78, 5) is 0. The van der Waals surface area contributed by atoms with Crippen molar-refractivity contribution in [2.24, 2.45) is 5.92 Å². The second-order valence-corrected chi connectivity index (χ2v) is 10.4. The molecule has 4 aromatic carbocycles. The topological polar surface area (TPSA) is 38.1 Å². The smallest absolute Gasteiger partial charge is 0.138 e. The average Bonchev–Trinajstić information content (AvgIpc) is 3.55. The van der Waals surface area contributed by atoms with E-state index in [1.54, 1.807) is 0 Å². The first-order valence-corrected chi connectivity index (χ1v) is 13.0. The number of hydrogen-bond donors (Lipinski definition) is 1. The molecule has 6 rings (SSSR count). The molecule has 3 nitrogen and oxygen atoms in total. The number of halogens is 2. The van der Waals surface area contributed by atoms with Gasteiger partial charge in [0, 0.05) is 27.7 Å². The number of fused-ring (bicyclic) bond motifs is 1. The molecule has 1 aliphatic carbocycles. The van der Waals surface area contributed by atoms with E-state index >= 15 is 0 Å². The molecule has 1 saturated carbocycles. The highest BCUT2D eigenvalue weighted by Gasteiger charge is 2.42. The molecule has 0 saturated heterocycles. The minimum atomic E-state index is -0.678.